The van der Waals surface area contributed by atoms with Crippen molar-refractivity contribution >= 4 is 17.5 Å². The second kappa shape index (κ2) is 7.12. The lowest BCUT2D eigenvalue weighted by atomic mass is 10.1. The highest BCUT2D eigenvalue weighted by Crippen LogP contribution is 2.28. The molecule has 0 bridgehead atoms. The first-order valence-corrected chi connectivity index (χ1v) is 7.71. The Labute approximate surface area is 138 Å². The van der Waals surface area contributed by atoms with Gasteiger partial charge in [-0.05, 0) is 42.3 Å². The van der Waals surface area contributed by atoms with Gasteiger partial charge in [0.1, 0.15) is 11.6 Å². The largest absolute Gasteiger partial charge is 0.491 e. The first-order valence-electron chi connectivity index (χ1n) is 7.71. The van der Waals surface area contributed by atoms with Crippen LogP contribution in [0.2, 0.25) is 0 Å². The molecule has 1 aliphatic heterocycles. The SMILES string of the molecule is O=C1CCOc2ccc(C(=O)NCCc3ccc(F)cc3)cc2N1. The van der Waals surface area contributed by atoms with Crippen LogP contribution in [0, 0.1) is 5.82 Å². The standard InChI is InChI=1S/C18H17FN2O3/c19-14-4-1-12(2-5-14)7-9-20-18(23)13-3-6-16-15(11-13)21-17(22)8-10-24-16/h1-6,11H,7-10H2,(H,20,23)(H,21,22). The van der Waals surface area contributed by atoms with E-state index in [2.05, 4.69) is 10.6 Å². The van der Waals surface area contributed by atoms with Crippen LogP contribution in [0.25, 0.3) is 0 Å². The predicted molar refractivity (Wildman–Crippen MR) is 87.6 cm³/mol. The number of ether oxygens (including phenoxy) is 1. The fourth-order valence-electron chi connectivity index (χ4n) is 2.43. The molecule has 0 atom stereocenters. The third-order valence-electron chi connectivity index (χ3n) is 3.72. The van der Waals surface area contributed by atoms with Crippen molar-refractivity contribution in [3.05, 3.63) is 59.4 Å². The molecule has 0 unspecified atom stereocenters. The van der Waals surface area contributed by atoms with E-state index in [9.17, 15) is 14.0 Å². The van der Waals surface area contributed by atoms with Crippen molar-refractivity contribution in [1.29, 1.82) is 0 Å². The molecule has 0 fully saturated rings. The Morgan fingerprint density at radius 3 is 2.79 bits per heavy atom. The number of anilines is 1. The topological polar surface area (TPSA) is 67.4 Å². The van der Waals surface area contributed by atoms with Gasteiger partial charge >= 0.3 is 0 Å². The third-order valence-corrected chi connectivity index (χ3v) is 3.72. The minimum Gasteiger partial charge on any atom is -0.491 e. The Hall–Kier alpha value is -2.89. The van der Waals surface area contributed by atoms with Crippen molar-refractivity contribution < 1.29 is 18.7 Å². The summed E-state index contributed by atoms with van der Waals surface area (Å²) in [6.45, 7) is 0.756. The smallest absolute Gasteiger partial charge is 0.251 e. The fourth-order valence-corrected chi connectivity index (χ4v) is 2.43. The van der Waals surface area contributed by atoms with Crippen molar-refractivity contribution in [2.24, 2.45) is 0 Å². The van der Waals surface area contributed by atoms with Crippen molar-refractivity contribution in [3.63, 3.8) is 0 Å². The number of rotatable bonds is 4. The van der Waals surface area contributed by atoms with E-state index in [1.807, 2.05) is 0 Å². The molecule has 1 heterocycles. The van der Waals surface area contributed by atoms with Gasteiger partial charge in [0.25, 0.3) is 5.91 Å². The van der Waals surface area contributed by atoms with Gasteiger partial charge in [0.2, 0.25) is 5.91 Å². The van der Waals surface area contributed by atoms with Crippen molar-refractivity contribution in [1.82, 2.24) is 5.32 Å². The molecule has 24 heavy (non-hydrogen) atoms. The molecule has 2 aromatic rings. The Balaban J connectivity index is 1.60. The number of fused-ring (bicyclic) bond motifs is 1. The van der Waals surface area contributed by atoms with Crippen LogP contribution in [-0.2, 0) is 11.2 Å². The van der Waals surface area contributed by atoms with Crippen molar-refractivity contribution in [3.8, 4) is 5.75 Å². The summed E-state index contributed by atoms with van der Waals surface area (Å²) in [5, 5.41) is 5.53. The lowest BCUT2D eigenvalue weighted by molar-refractivity contribution is -0.116. The number of amides is 2. The van der Waals surface area contributed by atoms with Crippen LogP contribution >= 0.6 is 0 Å². The highest BCUT2D eigenvalue weighted by atomic mass is 19.1. The number of carbonyl (C=O) groups excluding carboxylic acids is 2. The zero-order valence-electron chi connectivity index (χ0n) is 13.0. The minimum atomic E-state index is -0.281. The summed E-state index contributed by atoms with van der Waals surface area (Å²) in [5.41, 5.74) is 1.89. The Morgan fingerprint density at radius 2 is 2.00 bits per heavy atom. The molecule has 2 N–H and O–H groups in total. The van der Waals surface area contributed by atoms with Gasteiger partial charge < -0.3 is 15.4 Å². The number of benzene rings is 2. The summed E-state index contributed by atoms with van der Waals surface area (Å²) in [5.74, 6) is -0.0956. The summed E-state index contributed by atoms with van der Waals surface area (Å²) < 4.78 is 18.3. The molecule has 0 radical (unpaired) electrons. The monoisotopic (exact) mass is 328 g/mol. The lowest BCUT2D eigenvalue weighted by Gasteiger charge is -2.10. The van der Waals surface area contributed by atoms with E-state index in [0.717, 1.165) is 5.56 Å². The van der Waals surface area contributed by atoms with Gasteiger partial charge in [-0.25, -0.2) is 4.39 Å². The Morgan fingerprint density at radius 1 is 1.21 bits per heavy atom. The zero-order chi connectivity index (χ0) is 16.9. The number of halogens is 1. The molecule has 3 rings (SSSR count). The second-order valence-electron chi connectivity index (χ2n) is 5.49. The van der Waals surface area contributed by atoms with Crippen LogP contribution < -0.4 is 15.4 Å². The third kappa shape index (κ3) is 3.90. The van der Waals surface area contributed by atoms with E-state index in [4.69, 9.17) is 4.74 Å². The highest BCUT2D eigenvalue weighted by Gasteiger charge is 2.16. The number of hydrogen-bond acceptors (Lipinski definition) is 3. The first kappa shape index (κ1) is 16.0. The Kier molecular flexibility index (Phi) is 4.74. The van der Waals surface area contributed by atoms with E-state index in [-0.39, 0.29) is 24.1 Å². The van der Waals surface area contributed by atoms with Gasteiger partial charge in [0, 0.05) is 12.1 Å². The average Bonchev–Trinajstić information content (AvgIpc) is 2.76. The molecular formula is C18H17FN2O3. The van der Waals surface area contributed by atoms with E-state index in [1.54, 1.807) is 30.3 Å². The maximum absolute atomic E-state index is 12.8. The fraction of sp³-hybridized carbons (Fsp3) is 0.222. The zero-order valence-corrected chi connectivity index (χ0v) is 13.0. The maximum Gasteiger partial charge on any atom is 0.251 e. The van der Waals surface area contributed by atoms with Crippen LogP contribution in [0.15, 0.2) is 42.5 Å². The quantitative estimate of drug-likeness (QED) is 0.906. The summed E-state index contributed by atoms with van der Waals surface area (Å²) >= 11 is 0. The maximum atomic E-state index is 12.8. The van der Waals surface area contributed by atoms with Gasteiger partial charge in [-0.3, -0.25) is 9.59 Å². The van der Waals surface area contributed by atoms with E-state index in [0.29, 0.717) is 36.6 Å². The van der Waals surface area contributed by atoms with Gasteiger partial charge in [-0.2, -0.15) is 0 Å². The summed E-state index contributed by atoms with van der Waals surface area (Å²) in [6.07, 6.45) is 0.894. The normalized spacial score (nSPS) is 13.3. The van der Waals surface area contributed by atoms with Crippen LogP contribution in [0.3, 0.4) is 0 Å². The van der Waals surface area contributed by atoms with Crippen LogP contribution in [0.5, 0.6) is 5.75 Å². The molecule has 2 aromatic carbocycles. The molecule has 5 nitrogen and oxygen atoms in total. The molecule has 0 aliphatic carbocycles. The molecule has 2 amide bonds. The van der Waals surface area contributed by atoms with Gasteiger partial charge in [-0.15, -0.1) is 0 Å². The van der Waals surface area contributed by atoms with Gasteiger partial charge in [0.15, 0.2) is 0 Å². The van der Waals surface area contributed by atoms with Gasteiger partial charge in [-0.1, -0.05) is 12.1 Å². The Bertz CT molecular complexity index is 759. The number of carbonyl (C=O) groups is 2. The number of nitrogens with one attached hydrogen (secondary N) is 2. The van der Waals surface area contributed by atoms with Crippen LogP contribution in [0.4, 0.5) is 10.1 Å². The lowest BCUT2D eigenvalue weighted by Crippen LogP contribution is -2.25. The molecule has 124 valence electrons. The molecule has 0 saturated heterocycles. The summed E-state index contributed by atoms with van der Waals surface area (Å²) in [7, 11) is 0. The molecule has 0 spiro atoms. The molecule has 0 aromatic heterocycles. The van der Waals surface area contributed by atoms with Crippen molar-refractivity contribution in [2.45, 2.75) is 12.8 Å². The molecular weight excluding hydrogens is 311 g/mol. The van der Waals surface area contributed by atoms with E-state index >= 15 is 0 Å². The average molecular weight is 328 g/mol. The second-order valence-corrected chi connectivity index (χ2v) is 5.49. The van der Waals surface area contributed by atoms with E-state index < -0.39 is 0 Å². The highest BCUT2D eigenvalue weighted by molar-refractivity contribution is 5.98. The van der Waals surface area contributed by atoms with Gasteiger partial charge in [0.05, 0.1) is 18.7 Å². The summed E-state index contributed by atoms with van der Waals surface area (Å²) in [6, 6.07) is 11.1. The van der Waals surface area contributed by atoms with Crippen LogP contribution in [0.1, 0.15) is 22.3 Å². The molecule has 6 heteroatoms. The minimum absolute atomic E-state index is 0.136. The molecule has 0 saturated carbocycles. The van der Waals surface area contributed by atoms with Crippen LogP contribution in [-0.4, -0.2) is 25.0 Å². The first-order chi connectivity index (χ1) is 11.6. The summed E-state index contributed by atoms with van der Waals surface area (Å²) in [4.78, 5) is 23.8. The molecule has 1 aliphatic rings. The predicted octanol–water partition coefficient (Wildman–Crippen LogP) is 2.52. The van der Waals surface area contributed by atoms with Crippen molar-refractivity contribution in [2.75, 3.05) is 18.5 Å². The number of hydrogen-bond donors (Lipinski definition) is 2. The van der Waals surface area contributed by atoms with E-state index in [1.165, 1.54) is 12.1 Å².